The Labute approximate surface area is 189 Å². The lowest BCUT2D eigenvalue weighted by Crippen LogP contribution is -2.40. The van der Waals surface area contributed by atoms with Crippen LogP contribution in [0.4, 0.5) is 0 Å². The summed E-state index contributed by atoms with van der Waals surface area (Å²) in [6, 6.07) is 10.1. The predicted octanol–water partition coefficient (Wildman–Crippen LogP) is 3.91. The maximum absolute atomic E-state index is 5.29. The molecule has 0 saturated heterocycles. The molecule has 0 amide bonds. The average Bonchev–Trinajstić information content (AvgIpc) is 3.29. The Balaban J connectivity index is 0.00000300. The maximum Gasteiger partial charge on any atom is 0.193 e. The minimum atomic E-state index is 0. The number of hydrogen-bond acceptors (Lipinski definition) is 4. The number of hydrogen-bond donors (Lipinski definition) is 1. The van der Waals surface area contributed by atoms with Gasteiger partial charge >= 0.3 is 0 Å². The van der Waals surface area contributed by atoms with E-state index in [0.29, 0.717) is 6.54 Å². The van der Waals surface area contributed by atoms with Gasteiger partial charge in [0, 0.05) is 50.4 Å². The number of nitrogens with zero attached hydrogens (tertiary/aromatic N) is 5. The molecule has 0 aliphatic heterocycles. The SMILES string of the molecule is CN=C(NCC(C)c1c(C)noc1C)N(C)Cc1cnn(-c2ccccc2)c1.I. The van der Waals surface area contributed by atoms with Crippen LogP contribution < -0.4 is 5.32 Å². The van der Waals surface area contributed by atoms with Gasteiger partial charge in [-0.1, -0.05) is 30.3 Å². The lowest BCUT2D eigenvalue weighted by Gasteiger charge is -2.23. The molecule has 7 nitrogen and oxygen atoms in total. The van der Waals surface area contributed by atoms with Crippen LogP contribution in [0.3, 0.4) is 0 Å². The zero-order chi connectivity index (χ0) is 20.1. The van der Waals surface area contributed by atoms with Gasteiger partial charge in [-0.05, 0) is 26.0 Å². The van der Waals surface area contributed by atoms with E-state index in [1.165, 1.54) is 0 Å². The first kappa shape index (κ1) is 22.9. The molecule has 2 heterocycles. The number of nitrogens with one attached hydrogen (secondary N) is 1. The molecule has 0 radical (unpaired) electrons. The van der Waals surface area contributed by atoms with Gasteiger partial charge in [0.1, 0.15) is 5.76 Å². The first-order valence-corrected chi connectivity index (χ1v) is 9.43. The van der Waals surface area contributed by atoms with E-state index >= 15 is 0 Å². The average molecular weight is 508 g/mol. The second kappa shape index (κ2) is 10.4. The highest BCUT2D eigenvalue weighted by atomic mass is 127. The van der Waals surface area contributed by atoms with E-state index in [9.17, 15) is 0 Å². The van der Waals surface area contributed by atoms with Crippen molar-refractivity contribution in [1.29, 1.82) is 0 Å². The first-order valence-electron chi connectivity index (χ1n) is 9.43. The van der Waals surface area contributed by atoms with Crippen LogP contribution in [0.2, 0.25) is 0 Å². The van der Waals surface area contributed by atoms with Gasteiger partial charge in [-0.3, -0.25) is 4.99 Å². The van der Waals surface area contributed by atoms with Crippen LogP contribution in [0.1, 0.15) is 35.4 Å². The van der Waals surface area contributed by atoms with E-state index in [-0.39, 0.29) is 29.9 Å². The van der Waals surface area contributed by atoms with Gasteiger partial charge in [0.05, 0.1) is 17.6 Å². The number of guanidine groups is 1. The Hall–Kier alpha value is -2.36. The summed E-state index contributed by atoms with van der Waals surface area (Å²) in [4.78, 5) is 6.50. The highest BCUT2D eigenvalue weighted by molar-refractivity contribution is 14.0. The molecule has 156 valence electrons. The second-order valence-electron chi connectivity index (χ2n) is 7.05. The van der Waals surface area contributed by atoms with Crippen LogP contribution in [-0.4, -0.2) is 46.4 Å². The molecule has 1 atom stereocenters. The Morgan fingerprint density at radius 1 is 1.28 bits per heavy atom. The van der Waals surface area contributed by atoms with Crippen molar-refractivity contribution in [2.75, 3.05) is 20.6 Å². The summed E-state index contributed by atoms with van der Waals surface area (Å²) in [5.41, 5.74) is 4.28. The fourth-order valence-electron chi connectivity index (χ4n) is 3.44. The minimum Gasteiger partial charge on any atom is -0.361 e. The number of rotatable bonds is 6. The van der Waals surface area contributed by atoms with Crippen LogP contribution in [-0.2, 0) is 6.54 Å². The van der Waals surface area contributed by atoms with E-state index in [1.807, 2.05) is 68.3 Å². The molecule has 3 rings (SSSR count). The highest BCUT2D eigenvalue weighted by Gasteiger charge is 2.17. The fraction of sp³-hybridized carbons (Fsp3) is 0.381. The van der Waals surface area contributed by atoms with Crippen LogP contribution in [0.25, 0.3) is 5.69 Å². The molecule has 1 N–H and O–H groups in total. The smallest absolute Gasteiger partial charge is 0.193 e. The summed E-state index contributed by atoms with van der Waals surface area (Å²) < 4.78 is 7.17. The molecule has 3 aromatic rings. The topological polar surface area (TPSA) is 71.5 Å². The molecule has 0 fully saturated rings. The van der Waals surface area contributed by atoms with E-state index < -0.39 is 0 Å². The van der Waals surface area contributed by atoms with Gasteiger partial charge in [0.25, 0.3) is 0 Å². The zero-order valence-corrected chi connectivity index (χ0v) is 19.9. The molecule has 0 spiro atoms. The van der Waals surface area contributed by atoms with Crippen LogP contribution in [0.15, 0.2) is 52.2 Å². The lowest BCUT2D eigenvalue weighted by atomic mass is 10.00. The molecule has 1 aromatic carbocycles. The molecule has 1 unspecified atom stereocenters. The van der Waals surface area contributed by atoms with Gasteiger partial charge in [0.15, 0.2) is 5.96 Å². The van der Waals surface area contributed by atoms with Crippen molar-refractivity contribution >= 4 is 29.9 Å². The summed E-state index contributed by atoms with van der Waals surface area (Å²) in [5, 5.41) is 12.0. The number of para-hydroxylation sites is 1. The molecular formula is C21H29IN6O. The standard InChI is InChI=1S/C21H28N6O.HI/c1-15(20-16(2)25-28-17(20)3)11-23-21(22-4)26(5)13-18-12-24-27(14-18)19-9-7-6-8-10-19;/h6-10,12,14-15H,11,13H2,1-5H3,(H,22,23);1H. The van der Waals surface area contributed by atoms with Crippen LogP contribution in [0.5, 0.6) is 0 Å². The Bertz CT molecular complexity index is 914. The van der Waals surface area contributed by atoms with Crippen molar-refractivity contribution in [3.63, 3.8) is 0 Å². The Kier molecular flexibility index (Phi) is 8.24. The van der Waals surface area contributed by atoms with E-state index in [4.69, 9.17) is 4.52 Å². The summed E-state index contributed by atoms with van der Waals surface area (Å²) >= 11 is 0. The third kappa shape index (κ3) is 5.59. The summed E-state index contributed by atoms with van der Waals surface area (Å²) in [5.74, 6) is 1.99. The van der Waals surface area contributed by atoms with E-state index in [1.54, 1.807) is 7.05 Å². The molecular weight excluding hydrogens is 479 g/mol. The third-order valence-electron chi connectivity index (χ3n) is 4.80. The number of aryl methyl sites for hydroxylation is 2. The van der Waals surface area contributed by atoms with Crippen molar-refractivity contribution < 1.29 is 4.52 Å². The molecule has 8 heteroatoms. The number of aromatic nitrogens is 3. The van der Waals surface area contributed by atoms with Crippen molar-refractivity contribution in [3.05, 3.63) is 65.3 Å². The summed E-state index contributed by atoms with van der Waals surface area (Å²) in [6.45, 7) is 7.57. The number of aliphatic imine (C=N–C) groups is 1. The van der Waals surface area contributed by atoms with Crippen molar-refractivity contribution in [1.82, 2.24) is 25.2 Å². The van der Waals surface area contributed by atoms with E-state index in [0.717, 1.165) is 40.8 Å². The minimum absolute atomic E-state index is 0. The molecule has 0 aliphatic carbocycles. The number of halogens is 1. The van der Waals surface area contributed by atoms with Gasteiger partial charge in [0.2, 0.25) is 0 Å². The summed E-state index contributed by atoms with van der Waals surface area (Å²) in [7, 11) is 3.82. The van der Waals surface area contributed by atoms with Gasteiger partial charge in [-0.15, -0.1) is 24.0 Å². The quantitative estimate of drug-likeness (QED) is 0.311. The monoisotopic (exact) mass is 508 g/mol. The maximum atomic E-state index is 5.29. The lowest BCUT2D eigenvalue weighted by molar-refractivity contribution is 0.391. The molecule has 0 aliphatic rings. The second-order valence-corrected chi connectivity index (χ2v) is 7.05. The van der Waals surface area contributed by atoms with Crippen molar-refractivity contribution in [2.24, 2.45) is 4.99 Å². The highest BCUT2D eigenvalue weighted by Crippen LogP contribution is 2.22. The zero-order valence-electron chi connectivity index (χ0n) is 17.6. The summed E-state index contributed by atoms with van der Waals surface area (Å²) in [6.07, 6.45) is 3.94. The fourth-order valence-corrected chi connectivity index (χ4v) is 3.44. The Morgan fingerprint density at radius 2 is 2.00 bits per heavy atom. The van der Waals surface area contributed by atoms with Gasteiger partial charge in [-0.25, -0.2) is 4.68 Å². The van der Waals surface area contributed by atoms with Crippen LogP contribution in [0, 0.1) is 13.8 Å². The first-order chi connectivity index (χ1) is 13.5. The van der Waals surface area contributed by atoms with Gasteiger partial charge < -0.3 is 14.7 Å². The molecule has 0 bridgehead atoms. The normalized spacial score (nSPS) is 12.4. The third-order valence-corrected chi connectivity index (χ3v) is 4.80. The molecule has 2 aromatic heterocycles. The molecule has 29 heavy (non-hydrogen) atoms. The molecule has 0 saturated carbocycles. The van der Waals surface area contributed by atoms with E-state index in [2.05, 4.69) is 32.4 Å². The Morgan fingerprint density at radius 3 is 2.62 bits per heavy atom. The predicted molar refractivity (Wildman–Crippen MR) is 126 cm³/mol. The van der Waals surface area contributed by atoms with Crippen LogP contribution >= 0.6 is 24.0 Å². The van der Waals surface area contributed by atoms with Gasteiger partial charge in [-0.2, -0.15) is 5.10 Å². The largest absolute Gasteiger partial charge is 0.361 e. The number of benzene rings is 1. The van der Waals surface area contributed by atoms with Crippen molar-refractivity contribution in [2.45, 2.75) is 33.2 Å². The van der Waals surface area contributed by atoms with Crippen molar-refractivity contribution in [3.8, 4) is 5.69 Å².